The Morgan fingerprint density at radius 1 is 1.03 bits per heavy atom. The molecule has 1 aliphatic rings. The van der Waals surface area contributed by atoms with Gasteiger partial charge in [-0.25, -0.2) is 4.79 Å². The van der Waals surface area contributed by atoms with E-state index in [0.29, 0.717) is 6.61 Å². The second-order valence-electron chi connectivity index (χ2n) is 7.61. The molecule has 0 bridgehead atoms. The highest BCUT2D eigenvalue weighted by Gasteiger charge is 2.29. The van der Waals surface area contributed by atoms with Crippen molar-refractivity contribution in [2.24, 2.45) is 0 Å². The number of nitrogens with one attached hydrogen (secondary N) is 2. The summed E-state index contributed by atoms with van der Waals surface area (Å²) < 4.78 is 10.8. The molecule has 2 atom stereocenters. The first kappa shape index (κ1) is 23.3. The van der Waals surface area contributed by atoms with Crippen molar-refractivity contribution >= 4 is 18.0 Å². The minimum Gasteiger partial charge on any atom is -0.481 e. The molecule has 0 heterocycles. The van der Waals surface area contributed by atoms with E-state index in [1.54, 1.807) is 6.92 Å². The van der Waals surface area contributed by atoms with Gasteiger partial charge in [-0.2, -0.15) is 0 Å². The number of rotatable bonds is 10. The van der Waals surface area contributed by atoms with Crippen molar-refractivity contribution in [3.8, 4) is 11.1 Å². The molecule has 0 aliphatic heterocycles. The molecule has 3 N–H and O–H groups in total. The van der Waals surface area contributed by atoms with Crippen LogP contribution in [-0.4, -0.2) is 55.0 Å². The number of carboxylic acids is 1. The van der Waals surface area contributed by atoms with Gasteiger partial charge in [0.25, 0.3) is 0 Å². The van der Waals surface area contributed by atoms with Gasteiger partial charge in [-0.05, 0) is 36.1 Å². The summed E-state index contributed by atoms with van der Waals surface area (Å²) in [6.07, 6.45) is -1.55. The zero-order chi connectivity index (χ0) is 23.1. The maximum Gasteiger partial charge on any atom is 0.407 e. The maximum atomic E-state index is 12.3. The quantitative estimate of drug-likeness (QED) is 0.524. The number of carbonyl (C=O) groups excluding carboxylic acids is 2. The van der Waals surface area contributed by atoms with Gasteiger partial charge in [0.2, 0.25) is 5.91 Å². The minimum atomic E-state index is -1.01. The summed E-state index contributed by atoms with van der Waals surface area (Å²) in [4.78, 5) is 35.5. The molecule has 1 unspecified atom stereocenters. The molecule has 0 saturated heterocycles. The second-order valence-corrected chi connectivity index (χ2v) is 7.61. The lowest BCUT2D eigenvalue weighted by atomic mass is 9.98. The maximum absolute atomic E-state index is 12.3. The number of carbonyl (C=O) groups is 3. The lowest BCUT2D eigenvalue weighted by Gasteiger charge is -2.19. The first-order chi connectivity index (χ1) is 15.4. The number of ether oxygens (including phenoxy) is 2. The number of hydrogen-bond acceptors (Lipinski definition) is 5. The molecular weight excluding hydrogens is 412 g/mol. The molecule has 2 aromatic rings. The van der Waals surface area contributed by atoms with Crippen LogP contribution in [0.3, 0.4) is 0 Å². The third kappa shape index (κ3) is 5.64. The van der Waals surface area contributed by atoms with E-state index in [1.165, 1.54) is 6.92 Å². The van der Waals surface area contributed by atoms with E-state index < -0.39 is 30.1 Å². The van der Waals surface area contributed by atoms with Crippen molar-refractivity contribution in [3.63, 3.8) is 0 Å². The normalized spacial score (nSPS) is 14.1. The van der Waals surface area contributed by atoms with Crippen molar-refractivity contribution in [1.29, 1.82) is 0 Å². The van der Waals surface area contributed by atoms with E-state index in [-0.39, 0.29) is 25.5 Å². The van der Waals surface area contributed by atoms with Crippen molar-refractivity contribution in [2.45, 2.75) is 38.3 Å². The highest BCUT2D eigenvalue weighted by Crippen LogP contribution is 2.44. The Morgan fingerprint density at radius 2 is 1.62 bits per heavy atom. The number of carboxylic acid groups (broad SMARTS) is 1. The number of benzene rings is 2. The standard InChI is InChI=1S/C24H28N2O6/c1-3-31-16(12-22(27)28)13-25-23(29)15(2)26-24(30)32-14-21-19-10-6-4-8-17(19)18-9-5-7-11-20(18)21/h4-11,15-16,21H,3,12-14H2,1-2H3,(H,25,29)(H,26,30)(H,27,28)/t15-,16?/m0/s1. The number of fused-ring (bicyclic) bond motifs is 3. The molecule has 32 heavy (non-hydrogen) atoms. The van der Waals surface area contributed by atoms with E-state index in [2.05, 4.69) is 22.8 Å². The average molecular weight is 440 g/mol. The molecule has 170 valence electrons. The van der Waals surface area contributed by atoms with Crippen molar-refractivity contribution in [3.05, 3.63) is 59.7 Å². The third-order valence-corrected chi connectivity index (χ3v) is 5.38. The van der Waals surface area contributed by atoms with E-state index in [4.69, 9.17) is 14.6 Å². The Bertz CT molecular complexity index is 931. The SMILES string of the molecule is CCOC(CNC(=O)[C@H](C)NC(=O)OCC1c2ccccc2-c2ccccc21)CC(=O)O. The molecule has 2 amide bonds. The molecule has 2 aromatic carbocycles. The van der Waals surface area contributed by atoms with Crippen LogP contribution in [0.1, 0.15) is 37.3 Å². The van der Waals surface area contributed by atoms with Gasteiger partial charge in [-0.3, -0.25) is 9.59 Å². The van der Waals surface area contributed by atoms with Gasteiger partial charge >= 0.3 is 12.1 Å². The Hall–Kier alpha value is -3.39. The fraction of sp³-hybridized carbons (Fsp3) is 0.375. The van der Waals surface area contributed by atoms with Gasteiger partial charge < -0.3 is 25.2 Å². The molecular formula is C24H28N2O6. The molecule has 0 fully saturated rings. The van der Waals surface area contributed by atoms with Gasteiger partial charge in [0.05, 0.1) is 12.5 Å². The summed E-state index contributed by atoms with van der Waals surface area (Å²) in [7, 11) is 0. The van der Waals surface area contributed by atoms with Crippen LogP contribution in [0.25, 0.3) is 11.1 Å². The van der Waals surface area contributed by atoms with Gasteiger partial charge in [-0.1, -0.05) is 48.5 Å². The van der Waals surface area contributed by atoms with Crippen LogP contribution in [0, 0.1) is 0 Å². The monoisotopic (exact) mass is 440 g/mol. The first-order valence-electron chi connectivity index (χ1n) is 10.6. The lowest BCUT2D eigenvalue weighted by molar-refractivity contribution is -0.140. The summed E-state index contributed by atoms with van der Waals surface area (Å²) in [5.74, 6) is -1.53. The Morgan fingerprint density at radius 3 is 2.19 bits per heavy atom. The summed E-state index contributed by atoms with van der Waals surface area (Å²) in [5, 5.41) is 14.0. The van der Waals surface area contributed by atoms with Crippen LogP contribution < -0.4 is 10.6 Å². The van der Waals surface area contributed by atoms with Crippen molar-refractivity contribution in [1.82, 2.24) is 10.6 Å². The third-order valence-electron chi connectivity index (χ3n) is 5.38. The van der Waals surface area contributed by atoms with Gasteiger partial charge in [0.1, 0.15) is 12.6 Å². The lowest BCUT2D eigenvalue weighted by Crippen LogP contribution is -2.47. The van der Waals surface area contributed by atoms with Crippen LogP contribution in [0.5, 0.6) is 0 Å². The Kier molecular flexibility index (Phi) is 7.83. The van der Waals surface area contributed by atoms with Crippen LogP contribution in [0.2, 0.25) is 0 Å². The zero-order valence-electron chi connectivity index (χ0n) is 18.2. The number of amides is 2. The van der Waals surface area contributed by atoms with Crippen LogP contribution in [0.4, 0.5) is 4.79 Å². The highest BCUT2D eigenvalue weighted by atomic mass is 16.5. The smallest absolute Gasteiger partial charge is 0.407 e. The summed E-state index contributed by atoms with van der Waals surface area (Å²) >= 11 is 0. The average Bonchev–Trinajstić information content (AvgIpc) is 3.09. The molecule has 3 rings (SSSR count). The Labute approximate surface area is 186 Å². The van der Waals surface area contributed by atoms with Gasteiger partial charge in [-0.15, -0.1) is 0 Å². The molecule has 0 saturated carbocycles. The molecule has 8 heteroatoms. The van der Waals surface area contributed by atoms with Crippen LogP contribution in [0.15, 0.2) is 48.5 Å². The van der Waals surface area contributed by atoms with E-state index in [9.17, 15) is 14.4 Å². The van der Waals surface area contributed by atoms with Gasteiger partial charge in [0, 0.05) is 19.1 Å². The van der Waals surface area contributed by atoms with Crippen molar-refractivity contribution < 1.29 is 29.0 Å². The number of aliphatic carboxylic acids is 1. The van der Waals surface area contributed by atoms with E-state index >= 15 is 0 Å². The van der Waals surface area contributed by atoms with Crippen molar-refractivity contribution in [2.75, 3.05) is 19.8 Å². The molecule has 0 radical (unpaired) electrons. The molecule has 0 aromatic heterocycles. The first-order valence-corrected chi connectivity index (χ1v) is 10.6. The minimum absolute atomic E-state index is 0.0374. The summed E-state index contributed by atoms with van der Waals surface area (Å²) in [5.41, 5.74) is 4.48. The Balaban J connectivity index is 1.51. The largest absolute Gasteiger partial charge is 0.481 e. The highest BCUT2D eigenvalue weighted by molar-refractivity contribution is 5.85. The fourth-order valence-corrected chi connectivity index (χ4v) is 3.87. The predicted molar refractivity (Wildman–Crippen MR) is 118 cm³/mol. The number of hydrogen-bond donors (Lipinski definition) is 3. The summed E-state index contributed by atoms with van der Waals surface area (Å²) in [6.45, 7) is 3.80. The molecule has 1 aliphatic carbocycles. The molecule has 8 nitrogen and oxygen atoms in total. The van der Waals surface area contributed by atoms with Crippen LogP contribution >= 0.6 is 0 Å². The topological polar surface area (TPSA) is 114 Å². The fourth-order valence-electron chi connectivity index (χ4n) is 3.87. The summed E-state index contributed by atoms with van der Waals surface area (Å²) in [6, 6.07) is 15.2. The van der Waals surface area contributed by atoms with E-state index in [0.717, 1.165) is 22.3 Å². The van der Waals surface area contributed by atoms with Crippen LogP contribution in [-0.2, 0) is 19.1 Å². The number of alkyl carbamates (subject to hydrolysis) is 1. The molecule has 0 spiro atoms. The van der Waals surface area contributed by atoms with E-state index in [1.807, 2.05) is 36.4 Å². The van der Waals surface area contributed by atoms with Gasteiger partial charge in [0.15, 0.2) is 0 Å². The second kappa shape index (κ2) is 10.8. The predicted octanol–water partition coefficient (Wildman–Crippen LogP) is 2.91. The zero-order valence-corrected chi connectivity index (χ0v) is 18.2.